The van der Waals surface area contributed by atoms with Crippen LogP contribution in [-0.2, 0) is 0 Å². The molecule has 2 aliphatic rings. The molecule has 0 N–H and O–H groups in total. The highest BCUT2D eigenvalue weighted by Gasteiger charge is 2.15. The predicted molar refractivity (Wildman–Crippen MR) is 103 cm³/mol. The summed E-state index contributed by atoms with van der Waals surface area (Å²) in [6.45, 7) is 14.1. The molecule has 0 unspecified atom stereocenters. The molecule has 0 aromatic rings. The SMILES string of the molecule is C=CN=C(/C=C\C)C(=C)CCC(=C)C1=CC2=C(CC=C1)CCC2. The highest BCUT2D eigenvalue weighted by molar-refractivity contribution is 6.08. The summed E-state index contributed by atoms with van der Waals surface area (Å²) in [6.07, 6.45) is 19.1. The molecule has 0 aromatic heterocycles. The van der Waals surface area contributed by atoms with Gasteiger partial charge in [0.25, 0.3) is 0 Å². The summed E-state index contributed by atoms with van der Waals surface area (Å²) in [6, 6.07) is 0. The monoisotopic (exact) mass is 305 g/mol. The molecule has 0 aromatic carbocycles. The lowest BCUT2D eigenvalue weighted by Gasteiger charge is -2.10. The van der Waals surface area contributed by atoms with Crippen LogP contribution in [0.3, 0.4) is 0 Å². The first kappa shape index (κ1) is 17.2. The first-order chi connectivity index (χ1) is 11.2. The van der Waals surface area contributed by atoms with Crippen LogP contribution in [0.2, 0.25) is 0 Å². The van der Waals surface area contributed by atoms with Crippen molar-refractivity contribution in [3.63, 3.8) is 0 Å². The predicted octanol–water partition coefficient (Wildman–Crippen LogP) is 6.41. The molecule has 0 heterocycles. The number of rotatable bonds is 7. The summed E-state index contributed by atoms with van der Waals surface area (Å²) in [5.74, 6) is 0. The van der Waals surface area contributed by atoms with Gasteiger partial charge in [-0.15, -0.1) is 0 Å². The van der Waals surface area contributed by atoms with E-state index in [2.05, 4.69) is 43.0 Å². The van der Waals surface area contributed by atoms with Crippen LogP contribution < -0.4 is 0 Å². The first-order valence-electron chi connectivity index (χ1n) is 8.42. The maximum atomic E-state index is 4.30. The minimum Gasteiger partial charge on any atom is -0.257 e. The maximum absolute atomic E-state index is 4.30. The van der Waals surface area contributed by atoms with Crippen LogP contribution in [0.4, 0.5) is 0 Å². The van der Waals surface area contributed by atoms with Crippen molar-refractivity contribution in [2.75, 3.05) is 0 Å². The molecule has 0 radical (unpaired) electrons. The van der Waals surface area contributed by atoms with E-state index in [1.165, 1.54) is 36.0 Å². The van der Waals surface area contributed by atoms with Crippen LogP contribution in [0, 0.1) is 0 Å². The molecule has 0 saturated heterocycles. The smallest absolute Gasteiger partial charge is 0.0652 e. The third kappa shape index (κ3) is 4.66. The van der Waals surface area contributed by atoms with Gasteiger partial charge in [0.05, 0.1) is 5.71 Å². The molecule has 0 aliphatic heterocycles. The molecule has 1 nitrogen and oxygen atoms in total. The van der Waals surface area contributed by atoms with Crippen molar-refractivity contribution in [3.05, 3.63) is 84.2 Å². The molecule has 2 aliphatic carbocycles. The topological polar surface area (TPSA) is 12.4 Å². The highest BCUT2D eigenvalue weighted by atomic mass is 14.7. The van der Waals surface area contributed by atoms with Crippen molar-refractivity contribution in [2.45, 2.75) is 45.4 Å². The third-order valence-electron chi connectivity index (χ3n) is 4.42. The van der Waals surface area contributed by atoms with Crippen LogP contribution in [0.25, 0.3) is 0 Å². The number of allylic oxidation sites excluding steroid dienone is 10. The van der Waals surface area contributed by atoms with Crippen molar-refractivity contribution >= 4 is 5.71 Å². The molecule has 0 fully saturated rings. The van der Waals surface area contributed by atoms with Crippen LogP contribution >= 0.6 is 0 Å². The molecule has 0 amide bonds. The molecule has 0 bridgehead atoms. The summed E-state index contributed by atoms with van der Waals surface area (Å²) in [5, 5.41) is 0. The van der Waals surface area contributed by atoms with E-state index in [1.807, 2.05) is 19.1 Å². The molecule has 0 spiro atoms. The summed E-state index contributed by atoms with van der Waals surface area (Å²) in [7, 11) is 0. The van der Waals surface area contributed by atoms with E-state index in [-0.39, 0.29) is 0 Å². The molecule has 0 saturated carbocycles. The van der Waals surface area contributed by atoms with Gasteiger partial charge >= 0.3 is 0 Å². The number of aliphatic imine (C=N–C) groups is 1. The zero-order valence-electron chi connectivity index (χ0n) is 14.3. The fraction of sp³-hybridized carbons (Fsp3) is 0.318. The van der Waals surface area contributed by atoms with Crippen molar-refractivity contribution in [1.82, 2.24) is 0 Å². The quantitative estimate of drug-likeness (QED) is 0.482. The zero-order valence-corrected chi connectivity index (χ0v) is 14.3. The summed E-state index contributed by atoms with van der Waals surface area (Å²) < 4.78 is 0. The van der Waals surface area contributed by atoms with Crippen molar-refractivity contribution in [1.29, 1.82) is 0 Å². The molecular formula is C22H27N. The third-order valence-corrected chi connectivity index (χ3v) is 4.42. The second kappa shape index (κ2) is 8.47. The fourth-order valence-corrected chi connectivity index (χ4v) is 3.10. The highest BCUT2D eigenvalue weighted by Crippen LogP contribution is 2.34. The minimum absolute atomic E-state index is 0.868. The Hall–Kier alpha value is -2.15. The van der Waals surface area contributed by atoms with Crippen LogP contribution in [0.1, 0.15) is 45.4 Å². The molecule has 120 valence electrons. The molecular weight excluding hydrogens is 278 g/mol. The second-order valence-corrected chi connectivity index (χ2v) is 6.09. The average Bonchev–Trinajstić information content (AvgIpc) is 2.89. The Morgan fingerprint density at radius 1 is 1.26 bits per heavy atom. The fourth-order valence-electron chi connectivity index (χ4n) is 3.10. The maximum Gasteiger partial charge on any atom is 0.0652 e. The van der Waals surface area contributed by atoms with E-state index < -0.39 is 0 Å². The second-order valence-electron chi connectivity index (χ2n) is 6.09. The van der Waals surface area contributed by atoms with Gasteiger partial charge in [0.1, 0.15) is 0 Å². The lowest BCUT2D eigenvalue weighted by atomic mass is 9.96. The zero-order chi connectivity index (χ0) is 16.7. The normalized spacial score (nSPS) is 18.0. The van der Waals surface area contributed by atoms with E-state index in [9.17, 15) is 0 Å². The van der Waals surface area contributed by atoms with Crippen LogP contribution in [-0.4, -0.2) is 5.71 Å². The Labute approximate surface area is 140 Å². The van der Waals surface area contributed by atoms with Crippen molar-refractivity contribution in [3.8, 4) is 0 Å². The Morgan fingerprint density at radius 2 is 2.09 bits per heavy atom. The number of hydrogen-bond acceptors (Lipinski definition) is 1. The van der Waals surface area contributed by atoms with Gasteiger partial charge in [0, 0.05) is 6.20 Å². The largest absolute Gasteiger partial charge is 0.257 e. The van der Waals surface area contributed by atoms with Gasteiger partial charge in [-0.3, -0.25) is 4.99 Å². The van der Waals surface area contributed by atoms with Gasteiger partial charge < -0.3 is 0 Å². The summed E-state index contributed by atoms with van der Waals surface area (Å²) >= 11 is 0. The van der Waals surface area contributed by atoms with E-state index in [1.54, 1.807) is 11.8 Å². The van der Waals surface area contributed by atoms with Gasteiger partial charge in [-0.2, -0.15) is 0 Å². The Balaban J connectivity index is 2.01. The number of nitrogens with zero attached hydrogens (tertiary/aromatic N) is 1. The van der Waals surface area contributed by atoms with Crippen LogP contribution in [0.15, 0.2) is 89.2 Å². The van der Waals surface area contributed by atoms with E-state index in [4.69, 9.17) is 0 Å². The lowest BCUT2D eigenvalue weighted by molar-refractivity contribution is 0.886. The van der Waals surface area contributed by atoms with Gasteiger partial charge in [-0.1, -0.05) is 49.6 Å². The lowest BCUT2D eigenvalue weighted by Crippen LogP contribution is -1.99. The van der Waals surface area contributed by atoms with E-state index in [0.717, 1.165) is 30.5 Å². The van der Waals surface area contributed by atoms with Crippen molar-refractivity contribution in [2.24, 2.45) is 4.99 Å². The number of hydrogen-bond donors (Lipinski definition) is 0. The van der Waals surface area contributed by atoms with E-state index >= 15 is 0 Å². The summed E-state index contributed by atoms with van der Waals surface area (Å²) in [5.41, 5.74) is 7.54. The van der Waals surface area contributed by atoms with Crippen molar-refractivity contribution < 1.29 is 0 Å². The Morgan fingerprint density at radius 3 is 2.83 bits per heavy atom. The Kier molecular flexibility index (Phi) is 6.34. The molecule has 23 heavy (non-hydrogen) atoms. The van der Waals surface area contributed by atoms with E-state index in [0.29, 0.717) is 0 Å². The minimum atomic E-state index is 0.868. The molecule has 2 rings (SSSR count). The van der Waals surface area contributed by atoms with Crippen LogP contribution in [0.5, 0.6) is 0 Å². The molecule has 0 atom stereocenters. The standard InChI is InChI=1S/C22H27N/c1-5-9-22(23-6-2)18(4)15-14-17(3)20-12-7-10-19-11-8-13-21(19)16-20/h5-7,9,12,16H,2-4,8,10-11,13-15H2,1H3/b9-5-,23-22?. The van der Waals surface area contributed by atoms with Gasteiger partial charge in [-0.25, -0.2) is 0 Å². The van der Waals surface area contributed by atoms with Gasteiger partial charge in [0.15, 0.2) is 0 Å². The van der Waals surface area contributed by atoms with Gasteiger partial charge in [-0.05, 0) is 73.8 Å². The average molecular weight is 305 g/mol. The first-order valence-corrected chi connectivity index (χ1v) is 8.42. The van der Waals surface area contributed by atoms with Gasteiger partial charge in [0.2, 0.25) is 0 Å². The Bertz CT molecular complexity index is 647. The molecule has 1 heteroatoms. The summed E-state index contributed by atoms with van der Waals surface area (Å²) in [4.78, 5) is 4.29.